The summed E-state index contributed by atoms with van der Waals surface area (Å²) < 4.78 is 0. The smallest absolute Gasteiger partial charge is 0.185 e. The molecule has 0 atom stereocenters. The molecule has 0 amide bonds. The summed E-state index contributed by atoms with van der Waals surface area (Å²) in [7, 11) is 0. The number of hydrogen-bond acceptors (Lipinski definition) is 1. The van der Waals surface area contributed by atoms with Gasteiger partial charge < -0.3 is 0 Å². The predicted octanol–water partition coefficient (Wildman–Crippen LogP) is 4.57. The molecule has 1 aromatic rings. The lowest BCUT2D eigenvalue weighted by Gasteiger charge is -2.25. The summed E-state index contributed by atoms with van der Waals surface area (Å²) in [4.78, 5) is 12.2. The average Bonchev–Trinajstić information content (AvgIpc) is 2.33. The highest BCUT2D eigenvalue weighted by Gasteiger charge is 2.27. The first-order valence-electron chi connectivity index (χ1n) is 6.60. The molecule has 0 aromatic heterocycles. The molecule has 0 N–H and O–H groups in total. The molecule has 0 radical (unpaired) electrons. The van der Waals surface area contributed by atoms with E-state index >= 15 is 0 Å². The second-order valence-electron chi connectivity index (χ2n) is 6.02. The van der Waals surface area contributed by atoms with Crippen LogP contribution >= 0.6 is 0 Å². The van der Waals surface area contributed by atoms with Gasteiger partial charge >= 0.3 is 0 Å². The topological polar surface area (TPSA) is 17.1 Å². The van der Waals surface area contributed by atoms with Gasteiger partial charge in [-0.1, -0.05) is 51.1 Å². The van der Waals surface area contributed by atoms with E-state index in [0.29, 0.717) is 0 Å². The monoisotopic (exact) mass is 252 g/mol. The molecule has 0 aliphatic heterocycles. The quantitative estimate of drug-likeness (QED) is 0.715. The highest BCUT2D eigenvalue weighted by atomic mass is 16.1. The molecule has 1 heteroatoms. The largest absolute Gasteiger partial charge is 0.289 e. The van der Waals surface area contributed by atoms with E-state index in [1.54, 1.807) is 0 Å². The Kier molecular flexibility index (Phi) is 3.57. The number of Topliss-reactive ketones (excluding diaryl/α,β-unsaturated/α-hetero) is 1. The van der Waals surface area contributed by atoms with Crippen LogP contribution in [0.2, 0.25) is 0 Å². The average molecular weight is 252 g/mol. The lowest BCUT2D eigenvalue weighted by molar-refractivity contribution is -0.113. The number of allylic oxidation sites excluding steroid dienone is 5. The Morgan fingerprint density at radius 3 is 2.21 bits per heavy atom. The van der Waals surface area contributed by atoms with Crippen molar-refractivity contribution in [2.45, 2.75) is 27.7 Å². The number of ketones is 1. The predicted molar refractivity (Wildman–Crippen MR) is 80.7 cm³/mol. The minimum Gasteiger partial charge on any atom is -0.289 e. The van der Waals surface area contributed by atoms with Crippen LogP contribution in [0.5, 0.6) is 0 Å². The summed E-state index contributed by atoms with van der Waals surface area (Å²) in [6, 6.07) is 10.2. The lowest BCUT2D eigenvalue weighted by Crippen LogP contribution is -2.21. The fourth-order valence-electron chi connectivity index (χ4n) is 2.18. The van der Waals surface area contributed by atoms with Crippen LogP contribution in [-0.4, -0.2) is 5.78 Å². The Hall–Kier alpha value is -1.89. The number of benzene rings is 1. The van der Waals surface area contributed by atoms with Gasteiger partial charge in [0.05, 0.1) is 0 Å². The molecule has 0 heterocycles. The van der Waals surface area contributed by atoms with Gasteiger partial charge in [0.15, 0.2) is 5.78 Å². The Morgan fingerprint density at radius 2 is 1.63 bits per heavy atom. The fraction of sp³-hybridized carbons (Fsp3) is 0.278. The van der Waals surface area contributed by atoms with Crippen molar-refractivity contribution in [3.05, 3.63) is 64.8 Å². The molecule has 1 aliphatic carbocycles. The van der Waals surface area contributed by atoms with Crippen molar-refractivity contribution in [1.82, 2.24) is 0 Å². The van der Waals surface area contributed by atoms with Crippen molar-refractivity contribution in [1.29, 1.82) is 0 Å². The second-order valence-corrected chi connectivity index (χ2v) is 6.02. The van der Waals surface area contributed by atoms with Crippen LogP contribution in [0.15, 0.2) is 59.2 Å². The normalized spacial score (nSPS) is 18.3. The first kappa shape index (κ1) is 13.5. The molecule has 1 aromatic carbocycles. The van der Waals surface area contributed by atoms with Crippen LogP contribution in [0.1, 0.15) is 33.3 Å². The van der Waals surface area contributed by atoms with Crippen molar-refractivity contribution < 1.29 is 4.79 Å². The third-order valence-electron chi connectivity index (χ3n) is 3.24. The second kappa shape index (κ2) is 5.00. The Balaban J connectivity index is 2.45. The number of hydrogen-bond donors (Lipinski definition) is 0. The van der Waals surface area contributed by atoms with E-state index in [4.69, 9.17) is 0 Å². The van der Waals surface area contributed by atoms with E-state index in [1.807, 2.05) is 37.3 Å². The van der Waals surface area contributed by atoms with Gasteiger partial charge in [0.25, 0.3) is 0 Å². The molecule has 0 unspecified atom stereocenters. The minimum atomic E-state index is -0.123. The fourth-order valence-corrected chi connectivity index (χ4v) is 2.18. The number of carbonyl (C=O) groups is 1. The highest BCUT2D eigenvalue weighted by molar-refractivity contribution is 6.11. The van der Waals surface area contributed by atoms with Crippen molar-refractivity contribution in [3.8, 4) is 0 Å². The summed E-state index contributed by atoms with van der Waals surface area (Å²) >= 11 is 0. The number of carbonyl (C=O) groups excluding carboxylic acids is 1. The van der Waals surface area contributed by atoms with E-state index < -0.39 is 0 Å². The van der Waals surface area contributed by atoms with Gasteiger partial charge in [0, 0.05) is 5.57 Å². The van der Waals surface area contributed by atoms with E-state index in [0.717, 1.165) is 22.3 Å². The summed E-state index contributed by atoms with van der Waals surface area (Å²) in [5, 5.41) is 0. The summed E-state index contributed by atoms with van der Waals surface area (Å²) in [6.07, 6.45) is 6.09. The van der Waals surface area contributed by atoms with Gasteiger partial charge in [-0.15, -0.1) is 0 Å². The molecule has 0 saturated carbocycles. The molecule has 19 heavy (non-hydrogen) atoms. The van der Waals surface area contributed by atoms with Crippen molar-refractivity contribution >= 4 is 11.9 Å². The Morgan fingerprint density at radius 1 is 1.00 bits per heavy atom. The van der Waals surface area contributed by atoms with Gasteiger partial charge in [-0.2, -0.15) is 0 Å². The Bertz CT molecular complexity index is 578. The lowest BCUT2D eigenvalue weighted by atomic mass is 9.78. The van der Waals surface area contributed by atoms with Crippen LogP contribution < -0.4 is 0 Å². The summed E-state index contributed by atoms with van der Waals surface area (Å²) in [5.74, 6) is 0.165. The SMILES string of the molecule is CC1=C/C(=C/c2ccccc2)C=C(C(C)(C)C)C1=O. The van der Waals surface area contributed by atoms with E-state index in [9.17, 15) is 4.79 Å². The zero-order valence-corrected chi connectivity index (χ0v) is 12.0. The maximum Gasteiger partial charge on any atom is 0.185 e. The maximum absolute atomic E-state index is 12.2. The van der Waals surface area contributed by atoms with E-state index in [2.05, 4.69) is 39.0 Å². The summed E-state index contributed by atoms with van der Waals surface area (Å²) in [5.41, 5.74) is 3.82. The van der Waals surface area contributed by atoms with Crippen LogP contribution in [0.25, 0.3) is 6.08 Å². The van der Waals surface area contributed by atoms with Gasteiger partial charge in [0.2, 0.25) is 0 Å². The third kappa shape index (κ3) is 3.11. The molecule has 0 bridgehead atoms. The molecule has 0 fully saturated rings. The molecule has 0 spiro atoms. The first-order chi connectivity index (χ1) is 8.88. The number of rotatable bonds is 1. The maximum atomic E-state index is 12.2. The molecule has 1 nitrogen and oxygen atoms in total. The van der Waals surface area contributed by atoms with Gasteiger partial charge in [0.1, 0.15) is 0 Å². The Labute approximate surface area is 115 Å². The van der Waals surface area contributed by atoms with Crippen LogP contribution in [-0.2, 0) is 4.79 Å². The van der Waals surface area contributed by atoms with Crippen molar-refractivity contribution in [2.75, 3.05) is 0 Å². The molecular formula is C18H20O. The zero-order valence-electron chi connectivity index (χ0n) is 12.0. The highest BCUT2D eigenvalue weighted by Crippen LogP contribution is 2.33. The minimum absolute atomic E-state index is 0.123. The van der Waals surface area contributed by atoms with Gasteiger partial charge in [-0.05, 0) is 47.3 Å². The van der Waals surface area contributed by atoms with E-state index in [-0.39, 0.29) is 11.2 Å². The zero-order chi connectivity index (χ0) is 14.0. The van der Waals surface area contributed by atoms with E-state index in [1.165, 1.54) is 0 Å². The van der Waals surface area contributed by atoms with Crippen molar-refractivity contribution in [3.63, 3.8) is 0 Å². The summed E-state index contributed by atoms with van der Waals surface area (Å²) in [6.45, 7) is 8.13. The van der Waals surface area contributed by atoms with Gasteiger partial charge in [-0.3, -0.25) is 4.79 Å². The first-order valence-corrected chi connectivity index (χ1v) is 6.60. The molecule has 2 rings (SSSR count). The standard InChI is InChI=1S/C18H20O/c1-13-10-15(11-14-8-6-5-7-9-14)12-16(17(13)19)18(2,3)4/h5-12H,1-4H3/b15-11-. The third-order valence-corrected chi connectivity index (χ3v) is 3.24. The molecular weight excluding hydrogens is 232 g/mol. The molecule has 0 saturated heterocycles. The van der Waals surface area contributed by atoms with Crippen molar-refractivity contribution in [2.24, 2.45) is 5.41 Å². The molecule has 98 valence electrons. The van der Waals surface area contributed by atoms with Crippen LogP contribution in [0.4, 0.5) is 0 Å². The van der Waals surface area contributed by atoms with Gasteiger partial charge in [-0.25, -0.2) is 0 Å². The van der Waals surface area contributed by atoms with Crippen LogP contribution in [0.3, 0.4) is 0 Å². The van der Waals surface area contributed by atoms with Crippen LogP contribution in [0, 0.1) is 5.41 Å². The molecule has 1 aliphatic rings.